The highest BCUT2D eigenvalue weighted by Crippen LogP contribution is 2.28. The Labute approximate surface area is 147 Å². The lowest BCUT2D eigenvalue weighted by atomic mass is 10.00. The second-order valence-electron chi connectivity index (χ2n) is 6.76. The van der Waals surface area contributed by atoms with Gasteiger partial charge in [0.05, 0.1) is 12.6 Å². The number of nitrogens with two attached hydrogens (primary N) is 1. The van der Waals surface area contributed by atoms with Gasteiger partial charge >= 0.3 is 0 Å². The van der Waals surface area contributed by atoms with Gasteiger partial charge in [-0.25, -0.2) is 0 Å². The molecule has 2 saturated heterocycles. The Kier molecular flexibility index (Phi) is 5.99. The zero-order valence-corrected chi connectivity index (χ0v) is 15.1. The fourth-order valence-electron chi connectivity index (χ4n) is 3.22. The van der Waals surface area contributed by atoms with Crippen LogP contribution in [0.4, 0.5) is 5.95 Å². The molecule has 24 heavy (non-hydrogen) atoms. The summed E-state index contributed by atoms with van der Waals surface area (Å²) < 4.78 is 7.98. The van der Waals surface area contributed by atoms with Gasteiger partial charge in [-0.15, -0.1) is 10.2 Å². The van der Waals surface area contributed by atoms with Gasteiger partial charge in [-0.1, -0.05) is 18.7 Å². The van der Waals surface area contributed by atoms with Gasteiger partial charge in [0.15, 0.2) is 5.16 Å². The quantitative estimate of drug-likeness (QED) is 0.750. The van der Waals surface area contributed by atoms with Crippen molar-refractivity contribution in [3.05, 3.63) is 0 Å². The van der Waals surface area contributed by atoms with Crippen LogP contribution in [0.25, 0.3) is 0 Å². The summed E-state index contributed by atoms with van der Waals surface area (Å²) in [6, 6.07) is 0. The molecule has 1 amide bonds. The molecule has 2 aliphatic rings. The topological polar surface area (TPSA) is 86.3 Å². The summed E-state index contributed by atoms with van der Waals surface area (Å²) in [5.41, 5.74) is 5.24. The minimum Gasteiger partial charge on any atom is -0.376 e. The number of aromatic nitrogens is 3. The maximum absolute atomic E-state index is 11.0. The Morgan fingerprint density at radius 3 is 2.79 bits per heavy atom. The van der Waals surface area contributed by atoms with E-state index in [1.165, 1.54) is 12.8 Å². The van der Waals surface area contributed by atoms with Crippen LogP contribution in [0.15, 0.2) is 5.16 Å². The van der Waals surface area contributed by atoms with E-state index in [1.54, 1.807) is 11.8 Å². The van der Waals surface area contributed by atoms with E-state index in [4.69, 9.17) is 10.5 Å². The van der Waals surface area contributed by atoms with Crippen molar-refractivity contribution in [2.24, 2.45) is 11.7 Å². The number of carbonyl (C=O) groups excluding carboxylic acids is 1. The van der Waals surface area contributed by atoms with Crippen molar-refractivity contribution in [1.82, 2.24) is 14.8 Å². The standard InChI is InChI=1S/C16H27N5O2S/c1-12-4-7-20(8-5-12)15-18-19-16(24-10-6-14(17)22)21(15)11-13-3-2-9-23-13/h12-13H,2-11H2,1H3,(H2,17,22). The van der Waals surface area contributed by atoms with Crippen LogP contribution in [0.5, 0.6) is 0 Å². The van der Waals surface area contributed by atoms with Crippen molar-refractivity contribution < 1.29 is 9.53 Å². The Hall–Kier alpha value is -1.28. The zero-order chi connectivity index (χ0) is 16.9. The molecule has 7 nitrogen and oxygen atoms in total. The Bertz CT molecular complexity index is 551. The van der Waals surface area contributed by atoms with Crippen LogP contribution in [-0.4, -0.2) is 52.2 Å². The first-order valence-corrected chi connectivity index (χ1v) is 9.83. The van der Waals surface area contributed by atoms with Gasteiger partial charge < -0.3 is 15.4 Å². The zero-order valence-electron chi connectivity index (χ0n) is 14.3. The maximum Gasteiger partial charge on any atom is 0.228 e. The van der Waals surface area contributed by atoms with E-state index < -0.39 is 0 Å². The van der Waals surface area contributed by atoms with Crippen molar-refractivity contribution in [3.63, 3.8) is 0 Å². The molecule has 2 fully saturated rings. The first-order valence-electron chi connectivity index (χ1n) is 8.84. The van der Waals surface area contributed by atoms with E-state index >= 15 is 0 Å². The molecular weight excluding hydrogens is 326 g/mol. The van der Waals surface area contributed by atoms with Crippen molar-refractivity contribution in [2.75, 3.05) is 30.3 Å². The maximum atomic E-state index is 11.0. The summed E-state index contributed by atoms with van der Waals surface area (Å²) in [5.74, 6) is 2.08. The minimum atomic E-state index is -0.280. The number of hydrogen-bond acceptors (Lipinski definition) is 6. The van der Waals surface area contributed by atoms with Crippen LogP contribution in [0.1, 0.15) is 39.0 Å². The number of thioether (sulfide) groups is 1. The number of carbonyl (C=O) groups is 1. The number of anilines is 1. The fourth-order valence-corrected chi connectivity index (χ4v) is 4.12. The van der Waals surface area contributed by atoms with Crippen molar-refractivity contribution >= 4 is 23.6 Å². The molecule has 134 valence electrons. The van der Waals surface area contributed by atoms with Crippen LogP contribution in [0.3, 0.4) is 0 Å². The number of piperidine rings is 1. The van der Waals surface area contributed by atoms with Crippen LogP contribution >= 0.6 is 11.8 Å². The molecule has 3 heterocycles. The molecule has 2 N–H and O–H groups in total. The molecule has 3 rings (SSSR count). The molecule has 0 saturated carbocycles. The van der Waals surface area contributed by atoms with Gasteiger partial charge in [-0.3, -0.25) is 9.36 Å². The first kappa shape index (κ1) is 17.5. The largest absolute Gasteiger partial charge is 0.376 e. The van der Waals surface area contributed by atoms with Gasteiger partial charge in [-0.05, 0) is 31.6 Å². The normalized spacial score (nSPS) is 22.2. The highest BCUT2D eigenvalue weighted by molar-refractivity contribution is 7.99. The van der Waals surface area contributed by atoms with Crippen LogP contribution < -0.4 is 10.6 Å². The number of primary amides is 1. The van der Waals surface area contributed by atoms with Crippen LogP contribution in [-0.2, 0) is 16.1 Å². The summed E-state index contributed by atoms with van der Waals surface area (Å²) in [6.45, 7) is 5.98. The summed E-state index contributed by atoms with van der Waals surface area (Å²) in [7, 11) is 0. The third kappa shape index (κ3) is 4.42. The summed E-state index contributed by atoms with van der Waals surface area (Å²) in [5, 5.41) is 9.69. The van der Waals surface area contributed by atoms with Crippen LogP contribution in [0.2, 0.25) is 0 Å². The molecular formula is C16H27N5O2S. The van der Waals surface area contributed by atoms with Gasteiger partial charge in [-0.2, -0.15) is 0 Å². The van der Waals surface area contributed by atoms with Crippen molar-refractivity contribution in [3.8, 4) is 0 Å². The third-order valence-electron chi connectivity index (χ3n) is 4.75. The SMILES string of the molecule is CC1CCN(c2nnc(SCCC(N)=O)n2CC2CCCO2)CC1. The average Bonchev–Trinajstić information content (AvgIpc) is 3.19. The van der Waals surface area contributed by atoms with Gasteiger partial charge in [0.2, 0.25) is 11.9 Å². The second kappa shape index (κ2) is 8.20. The summed E-state index contributed by atoms with van der Waals surface area (Å²) in [6.07, 6.45) is 5.18. The van der Waals surface area contributed by atoms with Gasteiger partial charge in [0, 0.05) is 31.9 Å². The highest BCUT2D eigenvalue weighted by Gasteiger charge is 2.25. The van der Waals surface area contributed by atoms with Gasteiger partial charge in [0.1, 0.15) is 0 Å². The van der Waals surface area contributed by atoms with E-state index in [0.717, 1.165) is 56.1 Å². The Morgan fingerprint density at radius 2 is 2.12 bits per heavy atom. The second-order valence-corrected chi connectivity index (χ2v) is 7.82. The molecule has 0 radical (unpaired) electrons. The number of amides is 1. The van der Waals surface area contributed by atoms with Crippen molar-refractivity contribution in [2.45, 2.75) is 56.8 Å². The number of ether oxygens (including phenoxy) is 1. The molecule has 0 bridgehead atoms. The molecule has 1 aromatic rings. The fraction of sp³-hybridized carbons (Fsp3) is 0.812. The molecule has 2 aliphatic heterocycles. The monoisotopic (exact) mass is 353 g/mol. The van der Waals surface area contributed by atoms with E-state index in [-0.39, 0.29) is 12.0 Å². The minimum absolute atomic E-state index is 0.235. The van der Waals surface area contributed by atoms with Crippen molar-refractivity contribution in [1.29, 1.82) is 0 Å². The predicted molar refractivity (Wildman–Crippen MR) is 94.1 cm³/mol. The lowest BCUT2D eigenvalue weighted by Crippen LogP contribution is -2.35. The molecule has 0 aliphatic carbocycles. The van der Waals surface area contributed by atoms with Crippen LogP contribution in [0, 0.1) is 5.92 Å². The first-order chi connectivity index (χ1) is 11.6. The van der Waals surface area contributed by atoms with E-state index in [0.29, 0.717) is 12.2 Å². The average molecular weight is 353 g/mol. The number of rotatable bonds is 7. The van der Waals surface area contributed by atoms with E-state index in [2.05, 4.69) is 26.6 Å². The number of nitrogens with zero attached hydrogens (tertiary/aromatic N) is 4. The highest BCUT2D eigenvalue weighted by atomic mass is 32.2. The molecule has 0 spiro atoms. The van der Waals surface area contributed by atoms with E-state index in [1.807, 2.05) is 0 Å². The molecule has 0 aromatic carbocycles. The predicted octanol–water partition coefficient (Wildman–Crippen LogP) is 1.66. The third-order valence-corrected chi connectivity index (χ3v) is 5.72. The summed E-state index contributed by atoms with van der Waals surface area (Å²) >= 11 is 1.55. The van der Waals surface area contributed by atoms with E-state index in [9.17, 15) is 4.79 Å². The molecule has 8 heteroatoms. The Morgan fingerprint density at radius 1 is 1.33 bits per heavy atom. The Balaban J connectivity index is 1.73. The smallest absolute Gasteiger partial charge is 0.228 e. The molecule has 1 atom stereocenters. The molecule has 1 aromatic heterocycles. The molecule has 1 unspecified atom stereocenters. The lowest BCUT2D eigenvalue weighted by molar-refractivity contribution is -0.117. The summed E-state index contributed by atoms with van der Waals surface area (Å²) in [4.78, 5) is 13.3. The lowest BCUT2D eigenvalue weighted by Gasteiger charge is -2.31. The number of hydrogen-bond donors (Lipinski definition) is 1. The van der Waals surface area contributed by atoms with Gasteiger partial charge in [0.25, 0.3) is 0 Å².